The number of halogens is 2. The van der Waals surface area contributed by atoms with Crippen molar-refractivity contribution >= 4 is 50.6 Å². The van der Waals surface area contributed by atoms with Crippen LogP contribution < -0.4 is 15.0 Å². The quantitative estimate of drug-likeness (QED) is 0.310. The van der Waals surface area contributed by atoms with Gasteiger partial charge in [-0.3, -0.25) is 4.79 Å². The van der Waals surface area contributed by atoms with Crippen LogP contribution in [0.15, 0.2) is 69.0 Å². The van der Waals surface area contributed by atoms with Crippen LogP contribution >= 0.6 is 27.5 Å². The van der Waals surface area contributed by atoms with Gasteiger partial charge in [-0.1, -0.05) is 39.7 Å². The molecule has 0 atom stereocenters. The highest BCUT2D eigenvalue weighted by molar-refractivity contribution is 9.10. The Balaban J connectivity index is 1.70. The Bertz CT molecular complexity index is 1520. The largest absolute Gasteiger partial charge is 0.493 e. The summed E-state index contributed by atoms with van der Waals surface area (Å²) in [5, 5.41) is 14.3. The minimum absolute atomic E-state index is 0.142. The van der Waals surface area contributed by atoms with Crippen LogP contribution in [0.1, 0.15) is 27.3 Å². The van der Waals surface area contributed by atoms with Gasteiger partial charge in [0.15, 0.2) is 11.5 Å². The van der Waals surface area contributed by atoms with Crippen molar-refractivity contribution in [1.82, 2.24) is 9.66 Å². The van der Waals surface area contributed by atoms with Gasteiger partial charge in [0.1, 0.15) is 12.4 Å². The van der Waals surface area contributed by atoms with E-state index >= 15 is 0 Å². The Morgan fingerprint density at radius 2 is 1.94 bits per heavy atom. The zero-order chi connectivity index (χ0) is 25.1. The zero-order valence-corrected chi connectivity index (χ0v) is 21.0. The van der Waals surface area contributed by atoms with E-state index in [2.05, 4.69) is 26.0 Å². The lowest BCUT2D eigenvalue weighted by Gasteiger charge is -2.14. The Morgan fingerprint density at radius 1 is 1.20 bits per heavy atom. The Kier molecular flexibility index (Phi) is 7.18. The lowest BCUT2D eigenvalue weighted by molar-refractivity contribution is 0.0697. The molecule has 1 heterocycles. The van der Waals surface area contributed by atoms with Gasteiger partial charge in [-0.15, -0.1) is 0 Å². The second-order valence-corrected chi connectivity index (χ2v) is 8.85. The molecule has 0 fully saturated rings. The van der Waals surface area contributed by atoms with Gasteiger partial charge < -0.3 is 14.6 Å². The van der Waals surface area contributed by atoms with Gasteiger partial charge in [0.25, 0.3) is 5.56 Å². The fourth-order valence-electron chi connectivity index (χ4n) is 3.41. The number of carboxylic acids is 1. The molecule has 0 amide bonds. The minimum atomic E-state index is -1.00. The predicted octanol–water partition coefficient (Wildman–Crippen LogP) is 5.29. The van der Waals surface area contributed by atoms with Crippen LogP contribution in [0, 0.1) is 6.92 Å². The van der Waals surface area contributed by atoms with Gasteiger partial charge in [0, 0.05) is 21.1 Å². The van der Waals surface area contributed by atoms with Crippen molar-refractivity contribution in [3.05, 3.63) is 97.0 Å². The molecule has 0 radical (unpaired) electrons. The lowest BCUT2D eigenvalue weighted by atomic mass is 10.1. The third-order valence-corrected chi connectivity index (χ3v) is 5.85. The molecule has 0 saturated carbocycles. The molecule has 10 heteroatoms. The van der Waals surface area contributed by atoms with Gasteiger partial charge in [0.05, 0.1) is 29.8 Å². The number of benzene rings is 3. The standard InChI is InChI=1S/C25H19BrClN3O5/c1-14-29-21-8-7-18(26)10-20(21)24(31)30(14)28-12-17-9-19(27)11-22(34-2)23(17)35-13-15-3-5-16(6-4-15)25(32)33/h3-12H,13H2,1-2H3,(H,32,33). The van der Waals surface area contributed by atoms with E-state index in [1.54, 1.807) is 43.3 Å². The monoisotopic (exact) mass is 555 g/mol. The molecule has 0 bridgehead atoms. The number of rotatable bonds is 7. The number of aromatic carboxylic acids is 1. The number of nitrogens with zero attached hydrogens (tertiary/aromatic N) is 3. The maximum absolute atomic E-state index is 13.0. The molecule has 3 aromatic carbocycles. The van der Waals surface area contributed by atoms with E-state index in [1.807, 2.05) is 6.07 Å². The van der Waals surface area contributed by atoms with E-state index in [-0.39, 0.29) is 17.7 Å². The third kappa shape index (κ3) is 5.36. The van der Waals surface area contributed by atoms with Gasteiger partial charge in [-0.05, 0) is 48.9 Å². The van der Waals surface area contributed by atoms with Gasteiger partial charge in [-0.25, -0.2) is 9.78 Å². The predicted molar refractivity (Wildman–Crippen MR) is 137 cm³/mol. The molecule has 178 valence electrons. The van der Waals surface area contributed by atoms with E-state index in [4.69, 9.17) is 26.2 Å². The Morgan fingerprint density at radius 3 is 2.63 bits per heavy atom. The van der Waals surface area contributed by atoms with Crippen molar-refractivity contribution < 1.29 is 19.4 Å². The van der Waals surface area contributed by atoms with Gasteiger partial charge in [0.2, 0.25) is 0 Å². The number of hydrogen-bond donors (Lipinski definition) is 1. The second kappa shape index (κ2) is 10.3. The Labute approximate surface area is 213 Å². The van der Waals surface area contributed by atoms with Crippen molar-refractivity contribution in [2.45, 2.75) is 13.5 Å². The average Bonchev–Trinajstić information content (AvgIpc) is 2.83. The molecule has 1 N–H and O–H groups in total. The zero-order valence-electron chi connectivity index (χ0n) is 18.7. The summed E-state index contributed by atoms with van der Waals surface area (Å²) in [4.78, 5) is 28.6. The summed E-state index contributed by atoms with van der Waals surface area (Å²) in [6.07, 6.45) is 1.46. The van der Waals surface area contributed by atoms with Gasteiger partial charge >= 0.3 is 5.97 Å². The molecule has 1 aromatic heterocycles. The van der Waals surface area contributed by atoms with E-state index in [0.29, 0.717) is 38.8 Å². The molecule has 0 aliphatic carbocycles. The maximum atomic E-state index is 13.0. The first-order valence-corrected chi connectivity index (χ1v) is 11.5. The van der Waals surface area contributed by atoms with E-state index in [0.717, 1.165) is 10.0 Å². The van der Waals surface area contributed by atoms with Crippen molar-refractivity contribution in [3.8, 4) is 11.5 Å². The molecule has 0 saturated heterocycles. The van der Waals surface area contributed by atoms with Crippen molar-refractivity contribution in [2.75, 3.05) is 7.11 Å². The van der Waals surface area contributed by atoms with Crippen LogP contribution in [-0.2, 0) is 6.61 Å². The van der Waals surface area contributed by atoms with Crippen LogP contribution in [-0.4, -0.2) is 34.1 Å². The number of carboxylic acid groups (broad SMARTS) is 1. The topological polar surface area (TPSA) is 103 Å². The molecule has 35 heavy (non-hydrogen) atoms. The van der Waals surface area contributed by atoms with Crippen LogP contribution in [0.2, 0.25) is 5.02 Å². The number of ether oxygens (including phenoxy) is 2. The van der Waals surface area contributed by atoms with Crippen molar-refractivity contribution in [1.29, 1.82) is 0 Å². The minimum Gasteiger partial charge on any atom is -0.493 e. The maximum Gasteiger partial charge on any atom is 0.335 e. The molecule has 4 rings (SSSR count). The number of methoxy groups -OCH3 is 1. The fraction of sp³-hybridized carbons (Fsp3) is 0.120. The summed E-state index contributed by atoms with van der Waals surface area (Å²) in [6.45, 7) is 1.83. The molecule has 0 spiro atoms. The summed E-state index contributed by atoms with van der Waals surface area (Å²) in [5.41, 5.74) is 1.68. The molecule has 4 aromatic rings. The van der Waals surface area contributed by atoms with Gasteiger partial charge in [-0.2, -0.15) is 9.78 Å². The van der Waals surface area contributed by atoms with Crippen molar-refractivity contribution in [3.63, 3.8) is 0 Å². The number of aromatic nitrogens is 2. The highest BCUT2D eigenvalue weighted by atomic mass is 79.9. The number of aryl methyl sites for hydroxylation is 1. The number of fused-ring (bicyclic) bond motifs is 1. The molecular formula is C25H19BrClN3O5. The number of carbonyl (C=O) groups is 1. The van der Waals surface area contributed by atoms with Crippen molar-refractivity contribution in [2.24, 2.45) is 5.10 Å². The summed E-state index contributed by atoms with van der Waals surface area (Å²) >= 11 is 9.64. The van der Waals surface area contributed by atoms with Crippen LogP contribution in [0.4, 0.5) is 0 Å². The molecule has 0 aliphatic heterocycles. The summed E-state index contributed by atoms with van der Waals surface area (Å²) in [6, 6.07) is 14.9. The molecule has 0 aliphatic rings. The molecule has 0 unspecified atom stereocenters. The highest BCUT2D eigenvalue weighted by Gasteiger charge is 2.14. The fourth-order valence-corrected chi connectivity index (χ4v) is 3.98. The summed E-state index contributed by atoms with van der Waals surface area (Å²) in [5.74, 6) is 0.156. The van der Waals surface area contributed by atoms with E-state index < -0.39 is 5.97 Å². The van der Waals surface area contributed by atoms with E-state index in [1.165, 1.54) is 30.1 Å². The molecule has 8 nitrogen and oxygen atoms in total. The number of hydrogen-bond acceptors (Lipinski definition) is 6. The Hall–Kier alpha value is -3.69. The first kappa shape index (κ1) is 24.4. The summed E-state index contributed by atoms with van der Waals surface area (Å²) < 4.78 is 13.4. The highest BCUT2D eigenvalue weighted by Crippen LogP contribution is 2.34. The average molecular weight is 557 g/mol. The first-order chi connectivity index (χ1) is 16.8. The normalized spacial score (nSPS) is 11.2. The SMILES string of the molecule is COc1cc(Cl)cc(C=Nn2c(C)nc3ccc(Br)cc3c2=O)c1OCc1ccc(C(=O)O)cc1. The lowest BCUT2D eigenvalue weighted by Crippen LogP contribution is -2.20. The summed E-state index contributed by atoms with van der Waals surface area (Å²) in [7, 11) is 1.49. The second-order valence-electron chi connectivity index (χ2n) is 7.50. The van der Waals surface area contributed by atoms with Crippen LogP contribution in [0.3, 0.4) is 0 Å². The third-order valence-electron chi connectivity index (χ3n) is 5.13. The first-order valence-electron chi connectivity index (χ1n) is 10.3. The van der Waals surface area contributed by atoms with E-state index in [9.17, 15) is 9.59 Å². The van der Waals surface area contributed by atoms with Crippen LogP contribution in [0.5, 0.6) is 11.5 Å². The smallest absolute Gasteiger partial charge is 0.335 e. The molecular weight excluding hydrogens is 538 g/mol. The van der Waals surface area contributed by atoms with Crippen LogP contribution in [0.25, 0.3) is 10.9 Å².